The van der Waals surface area contributed by atoms with Crippen molar-refractivity contribution in [1.29, 1.82) is 0 Å². The smallest absolute Gasteiger partial charge is 0.227 e. The number of likely N-dealkylation sites (tertiary alicyclic amines) is 1. The molecule has 0 saturated carbocycles. The summed E-state index contributed by atoms with van der Waals surface area (Å²) in [6.45, 7) is 6.44. The van der Waals surface area contributed by atoms with E-state index in [1.807, 2.05) is 4.90 Å². The topological polar surface area (TPSA) is 46.3 Å². The third-order valence-electron chi connectivity index (χ3n) is 4.27. The first-order valence-corrected chi connectivity index (χ1v) is 7.67. The van der Waals surface area contributed by atoms with Crippen molar-refractivity contribution >= 4 is 5.91 Å². The Kier molecular flexibility index (Phi) is 5.18. The molecule has 1 aromatic carbocycles. The Labute approximate surface area is 122 Å². The van der Waals surface area contributed by atoms with E-state index in [-0.39, 0.29) is 11.8 Å². The molecule has 1 unspecified atom stereocenters. The van der Waals surface area contributed by atoms with Crippen LogP contribution in [-0.4, -0.2) is 30.4 Å². The molecule has 0 bridgehead atoms. The van der Waals surface area contributed by atoms with Crippen molar-refractivity contribution in [3.63, 3.8) is 0 Å². The summed E-state index contributed by atoms with van der Waals surface area (Å²) in [7, 11) is 0. The quantitative estimate of drug-likeness (QED) is 0.916. The van der Waals surface area contributed by atoms with Crippen LogP contribution in [0.2, 0.25) is 0 Å². The minimum Gasteiger partial charge on any atom is -0.342 e. The first kappa shape index (κ1) is 15.0. The highest BCUT2D eigenvalue weighted by Crippen LogP contribution is 2.18. The predicted molar refractivity (Wildman–Crippen MR) is 82.6 cm³/mol. The van der Waals surface area contributed by atoms with Gasteiger partial charge in [0.2, 0.25) is 5.91 Å². The van der Waals surface area contributed by atoms with Gasteiger partial charge in [0, 0.05) is 19.6 Å². The molecule has 0 spiro atoms. The Morgan fingerprint density at radius 2 is 1.95 bits per heavy atom. The number of piperidine rings is 1. The molecule has 0 aliphatic carbocycles. The number of nitrogens with zero attached hydrogens (tertiary/aromatic N) is 1. The van der Waals surface area contributed by atoms with Crippen LogP contribution in [0.1, 0.15) is 36.0 Å². The van der Waals surface area contributed by atoms with E-state index in [9.17, 15) is 4.79 Å². The molecular formula is C17H26N2O. The normalized spacial score (nSPS) is 17.1. The summed E-state index contributed by atoms with van der Waals surface area (Å²) in [4.78, 5) is 14.6. The fourth-order valence-electron chi connectivity index (χ4n) is 2.93. The third-order valence-corrected chi connectivity index (χ3v) is 4.27. The minimum atomic E-state index is -0.0754. The van der Waals surface area contributed by atoms with E-state index >= 15 is 0 Å². The van der Waals surface area contributed by atoms with Crippen LogP contribution < -0.4 is 5.73 Å². The summed E-state index contributed by atoms with van der Waals surface area (Å²) in [5, 5.41) is 0. The second-order valence-electron chi connectivity index (χ2n) is 5.95. The van der Waals surface area contributed by atoms with Crippen molar-refractivity contribution in [2.75, 3.05) is 19.6 Å². The van der Waals surface area contributed by atoms with Crippen LogP contribution in [0.4, 0.5) is 0 Å². The molecule has 0 radical (unpaired) electrons. The van der Waals surface area contributed by atoms with Gasteiger partial charge in [-0.05, 0) is 50.7 Å². The molecule has 1 aliphatic heterocycles. The van der Waals surface area contributed by atoms with Crippen LogP contribution in [0.25, 0.3) is 0 Å². The summed E-state index contributed by atoms with van der Waals surface area (Å²) in [6, 6.07) is 6.42. The van der Waals surface area contributed by atoms with Gasteiger partial charge < -0.3 is 10.6 Å². The summed E-state index contributed by atoms with van der Waals surface area (Å²) < 4.78 is 0. The lowest BCUT2D eigenvalue weighted by Crippen LogP contribution is -2.42. The molecule has 3 heteroatoms. The molecule has 1 aliphatic rings. The Bertz CT molecular complexity index is 464. The molecule has 2 rings (SSSR count). The van der Waals surface area contributed by atoms with Gasteiger partial charge in [-0.1, -0.05) is 23.8 Å². The van der Waals surface area contributed by atoms with Gasteiger partial charge >= 0.3 is 0 Å². The average molecular weight is 274 g/mol. The number of hydrogen-bond donors (Lipinski definition) is 1. The van der Waals surface area contributed by atoms with E-state index in [0.717, 1.165) is 32.4 Å². The molecule has 2 N–H and O–H groups in total. The minimum absolute atomic E-state index is 0.0754. The van der Waals surface area contributed by atoms with E-state index in [2.05, 4.69) is 32.0 Å². The molecule has 1 amide bonds. The van der Waals surface area contributed by atoms with Gasteiger partial charge in [-0.2, -0.15) is 0 Å². The van der Waals surface area contributed by atoms with Gasteiger partial charge in [0.1, 0.15) is 0 Å². The zero-order chi connectivity index (χ0) is 14.5. The summed E-state index contributed by atoms with van der Waals surface area (Å²) in [5.41, 5.74) is 9.62. The molecular weight excluding hydrogens is 248 g/mol. The molecule has 1 saturated heterocycles. The number of rotatable bonds is 4. The van der Waals surface area contributed by atoms with Gasteiger partial charge in [-0.15, -0.1) is 0 Å². The summed E-state index contributed by atoms with van der Waals surface area (Å²) in [5.74, 6) is 0.168. The van der Waals surface area contributed by atoms with E-state index in [1.54, 1.807) is 0 Å². The van der Waals surface area contributed by atoms with Gasteiger partial charge in [0.25, 0.3) is 0 Å². The Balaban J connectivity index is 2.07. The van der Waals surface area contributed by atoms with Crippen molar-refractivity contribution in [3.8, 4) is 0 Å². The first-order valence-electron chi connectivity index (χ1n) is 7.67. The lowest BCUT2D eigenvalue weighted by atomic mass is 9.93. The third kappa shape index (κ3) is 3.60. The fraction of sp³-hybridized carbons (Fsp3) is 0.588. The van der Waals surface area contributed by atoms with E-state index in [4.69, 9.17) is 5.73 Å². The number of aryl methyl sites for hydroxylation is 2. The van der Waals surface area contributed by atoms with Crippen LogP contribution in [0.5, 0.6) is 0 Å². The number of benzene rings is 1. The first-order chi connectivity index (χ1) is 9.61. The monoisotopic (exact) mass is 274 g/mol. The number of nitrogens with two attached hydrogens (primary N) is 1. The molecule has 1 aromatic rings. The van der Waals surface area contributed by atoms with Crippen molar-refractivity contribution < 1.29 is 4.79 Å². The Morgan fingerprint density at radius 1 is 1.25 bits per heavy atom. The number of hydrogen-bond acceptors (Lipinski definition) is 2. The van der Waals surface area contributed by atoms with Crippen LogP contribution in [0.15, 0.2) is 18.2 Å². The lowest BCUT2D eigenvalue weighted by Gasteiger charge is -2.30. The highest BCUT2D eigenvalue weighted by atomic mass is 16.2. The summed E-state index contributed by atoms with van der Waals surface area (Å²) in [6.07, 6.45) is 4.27. The maximum Gasteiger partial charge on any atom is 0.227 e. The molecule has 1 fully saturated rings. The SMILES string of the molecule is Cc1ccc(C)c(CC(CN)C(=O)N2CCCCC2)c1. The van der Waals surface area contributed by atoms with Crippen LogP contribution in [-0.2, 0) is 11.2 Å². The van der Waals surface area contributed by atoms with Gasteiger partial charge in [0.05, 0.1) is 5.92 Å². The van der Waals surface area contributed by atoms with E-state index in [1.165, 1.54) is 23.1 Å². The molecule has 110 valence electrons. The van der Waals surface area contributed by atoms with Crippen LogP contribution in [0, 0.1) is 19.8 Å². The maximum atomic E-state index is 12.6. The standard InChI is InChI=1S/C17H26N2O/c1-13-6-7-14(2)15(10-13)11-16(12-18)17(20)19-8-4-3-5-9-19/h6-7,10,16H,3-5,8-9,11-12,18H2,1-2H3. The fourth-order valence-corrected chi connectivity index (χ4v) is 2.93. The largest absolute Gasteiger partial charge is 0.342 e. The predicted octanol–water partition coefficient (Wildman–Crippen LogP) is 2.43. The zero-order valence-electron chi connectivity index (χ0n) is 12.7. The number of carbonyl (C=O) groups is 1. The molecule has 1 heterocycles. The van der Waals surface area contributed by atoms with E-state index < -0.39 is 0 Å². The molecule has 1 atom stereocenters. The Morgan fingerprint density at radius 3 is 2.60 bits per heavy atom. The highest BCUT2D eigenvalue weighted by Gasteiger charge is 2.25. The number of carbonyl (C=O) groups excluding carboxylic acids is 1. The number of amides is 1. The second kappa shape index (κ2) is 6.89. The summed E-state index contributed by atoms with van der Waals surface area (Å²) >= 11 is 0. The Hall–Kier alpha value is -1.35. The highest BCUT2D eigenvalue weighted by molar-refractivity contribution is 5.79. The van der Waals surface area contributed by atoms with Crippen LogP contribution >= 0.6 is 0 Å². The lowest BCUT2D eigenvalue weighted by molar-refractivity contribution is -0.136. The van der Waals surface area contributed by atoms with Gasteiger partial charge in [0.15, 0.2) is 0 Å². The van der Waals surface area contributed by atoms with Gasteiger partial charge in [-0.3, -0.25) is 4.79 Å². The maximum absolute atomic E-state index is 12.6. The van der Waals surface area contributed by atoms with Crippen molar-refractivity contribution in [2.24, 2.45) is 11.7 Å². The van der Waals surface area contributed by atoms with Crippen molar-refractivity contribution in [1.82, 2.24) is 4.90 Å². The molecule has 20 heavy (non-hydrogen) atoms. The van der Waals surface area contributed by atoms with E-state index in [0.29, 0.717) is 6.54 Å². The zero-order valence-corrected chi connectivity index (χ0v) is 12.7. The molecule has 0 aromatic heterocycles. The molecule has 3 nitrogen and oxygen atoms in total. The second-order valence-corrected chi connectivity index (χ2v) is 5.95. The van der Waals surface area contributed by atoms with Crippen LogP contribution in [0.3, 0.4) is 0 Å². The van der Waals surface area contributed by atoms with Gasteiger partial charge in [-0.25, -0.2) is 0 Å². The average Bonchev–Trinajstić information content (AvgIpc) is 2.48. The van der Waals surface area contributed by atoms with Crippen molar-refractivity contribution in [2.45, 2.75) is 39.5 Å². The van der Waals surface area contributed by atoms with Crippen molar-refractivity contribution in [3.05, 3.63) is 34.9 Å².